The molecule has 1 aliphatic rings. The molecule has 0 amide bonds. The first-order chi connectivity index (χ1) is 8.20. The Hall–Kier alpha value is -0.590. The molecule has 0 spiro atoms. The fraction of sp³-hybridized carbons (Fsp3) is 0.929. The van der Waals surface area contributed by atoms with Crippen molar-refractivity contribution in [2.45, 2.75) is 57.9 Å². The molecule has 3 nitrogen and oxygen atoms in total. The Morgan fingerprint density at radius 1 is 1.35 bits per heavy atom. The molecule has 1 atom stereocenters. The van der Waals surface area contributed by atoms with Crippen LogP contribution in [0.2, 0.25) is 0 Å². The van der Waals surface area contributed by atoms with Crippen LogP contribution in [0.5, 0.6) is 0 Å². The molecule has 0 aliphatic heterocycles. The van der Waals surface area contributed by atoms with Gasteiger partial charge in [0.15, 0.2) is 0 Å². The number of nitrogens with zero attached hydrogens (tertiary/aromatic N) is 1. The van der Waals surface area contributed by atoms with Crippen molar-refractivity contribution in [1.82, 2.24) is 5.32 Å². The summed E-state index contributed by atoms with van der Waals surface area (Å²) < 4.78 is 5.59. The summed E-state index contributed by atoms with van der Waals surface area (Å²) in [6.45, 7) is 6.64. The van der Waals surface area contributed by atoms with E-state index >= 15 is 0 Å². The highest BCUT2D eigenvalue weighted by Gasteiger charge is 2.21. The van der Waals surface area contributed by atoms with Crippen LogP contribution in [-0.2, 0) is 4.74 Å². The van der Waals surface area contributed by atoms with E-state index in [1.807, 2.05) is 13.8 Å². The van der Waals surface area contributed by atoms with Gasteiger partial charge in [-0.25, -0.2) is 0 Å². The van der Waals surface area contributed by atoms with E-state index in [2.05, 4.69) is 11.4 Å². The molecule has 0 aromatic heterocycles. The Morgan fingerprint density at radius 3 is 2.71 bits per heavy atom. The van der Waals surface area contributed by atoms with Crippen molar-refractivity contribution < 1.29 is 4.74 Å². The Morgan fingerprint density at radius 2 is 2.12 bits per heavy atom. The summed E-state index contributed by atoms with van der Waals surface area (Å²) in [5, 5.41) is 12.3. The number of ether oxygens (including phenoxy) is 1. The maximum atomic E-state index is 9.08. The SMILES string of the molecule is CCNC(C)(C#N)CCCCOCCC1CC1. The highest BCUT2D eigenvalue weighted by Crippen LogP contribution is 2.32. The van der Waals surface area contributed by atoms with Crippen LogP contribution >= 0.6 is 0 Å². The Kier molecular flexibility index (Phi) is 6.54. The summed E-state index contributed by atoms with van der Waals surface area (Å²) in [5.74, 6) is 0.964. The van der Waals surface area contributed by atoms with Gasteiger partial charge in [-0.05, 0) is 45.1 Å². The van der Waals surface area contributed by atoms with Crippen LogP contribution < -0.4 is 5.32 Å². The highest BCUT2D eigenvalue weighted by atomic mass is 16.5. The van der Waals surface area contributed by atoms with Gasteiger partial charge in [0.05, 0.1) is 6.07 Å². The molecular weight excluding hydrogens is 212 g/mol. The van der Waals surface area contributed by atoms with Crippen LogP contribution in [0, 0.1) is 17.2 Å². The van der Waals surface area contributed by atoms with Crippen molar-refractivity contribution in [3.05, 3.63) is 0 Å². The van der Waals surface area contributed by atoms with Gasteiger partial charge in [0, 0.05) is 13.2 Å². The molecule has 1 unspecified atom stereocenters. The van der Waals surface area contributed by atoms with E-state index in [0.29, 0.717) is 0 Å². The smallest absolute Gasteiger partial charge is 0.103 e. The Labute approximate surface area is 106 Å². The minimum absolute atomic E-state index is 0.358. The zero-order valence-electron chi connectivity index (χ0n) is 11.3. The van der Waals surface area contributed by atoms with E-state index in [9.17, 15) is 0 Å². The quantitative estimate of drug-likeness (QED) is 0.595. The predicted octanol–water partition coefficient (Wildman–Crippen LogP) is 2.87. The first-order valence-electron chi connectivity index (χ1n) is 6.94. The topological polar surface area (TPSA) is 45.0 Å². The molecule has 98 valence electrons. The van der Waals surface area contributed by atoms with E-state index in [4.69, 9.17) is 10.00 Å². The number of hydrogen-bond acceptors (Lipinski definition) is 3. The van der Waals surface area contributed by atoms with Gasteiger partial charge in [-0.15, -0.1) is 0 Å². The highest BCUT2D eigenvalue weighted by molar-refractivity contribution is 5.03. The van der Waals surface area contributed by atoms with Crippen LogP contribution in [0.3, 0.4) is 0 Å². The van der Waals surface area contributed by atoms with Crippen LogP contribution in [0.15, 0.2) is 0 Å². The summed E-state index contributed by atoms with van der Waals surface area (Å²) in [4.78, 5) is 0. The number of nitrogens with one attached hydrogen (secondary N) is 1. The van der Waals surface area contributed by atoms with Gasteiger partial charge in [-0.2, -0.15) is 5.26 Å². The second kappa shape index (κ2) is 7.68. The van der Waals surface area contributed by atoms with Crippen molar-refractivity contribution in [2.75, 3.05) is 19.8 Å². The lowest BCUT2D eigenvalue weighted by atomic mass is 9.97. The normalized spacial score (nSPS) is 18.6. The molecule has 0 saturated heterocycles. The molecule has 1 aliphatic carbocycles. The molecule has 1 rings (SSSR count). The van der Waals surface area contributed by atoms with Crippen LogP contribution in [-0.4, -0.2) is 25.3 Å². The summed E-state index contributed by atoms with van der Waals surface area (Å²) >= 11 is 0. The second-order valence-electron chi connectivity index (χ2n) is 5.28. The van der Waals surface area contributed by atoms with Gasteiger partial charge in [-0.3, -0.25) is 5.32 Å². The van der Waals surface area contributed by atoms with E-state index in [-0.39, 0.29) is 5.54 Å². The average molecular weight is 238 g/mol. The minimum Gasteiger partial charge on any atom is -0.381 e. The molecular formula is C14H26N2O. The van der Waals surface area contributed by atoms with Gasteiger partial charge in [0.1, 0.15) is 5.54 Å². The van der Waals surface area contributed by atoms with Crippen LogP contribution in [0.1, 0.15) is 52.4 Å². The molecule has 0 bridgehead atoms. The van der Waals surface area contributed by atoms with Crippen molar-refractivity contribution in [3.8, 4) is 6.07 Å². The first-order valence-corrected chi connectivity index (χ1v) is 6.94. The van der Waals surface area contributed by atoms with E-state index in [1.165, 1.54) is 19.3 Å². The third kappa shape index (κ3) is 6.65. The fourth-order valence-electron chi connectivity index (χ4n) is 2.02. The Balaban J connectivity index is 1.92. The largest absolute Gasteiger partial charge is 0.381 e. The summed E-state index contributed by atoms with van der Waals surface area (Å²) in [6, 6.07) is 2.35. The maximum Gasteiger partial charge on any atom is 0.103 e. The zero-order chi connectivity index (χ0) is 12.6. The summed E-state index contributed by atoms with van der Waals surface area (Å²) in [5.41, 5.74) is -0.358. The molecule has 17 heavy (non-hydrogen) atoms. The van der Waals surface area contributed by atoms with E-state index < -0.39 is 0 Å². The lowest BCUT2D eigenvalue weighted by molar-refractivity contribution is 0.123. The summed E-state index contributed by atoms with van der Waals surface area (Å²) in [7, 11) is 0. The summed E-state index contributed by atoms with van der Waals surface area (Å²) in [6.07, 6.45) is 7.09. The molecule has 0 aromatic rings. The van der Waals surface area contributed by atoms with Crippen molar-refractivity contribution in [2.24, 2.45) is 5.92 Å². The van der Waals surface area contributed by atoms with Crippen LogP contribution in [0.25, 0.3) is 0 Å². The number of unbranched alkanes of at least 4 members (excludes halogenated alkanes) is 1. The van der Waals surface area contributed by atoms with Gasteiger partial charge < -0.3 is 4.74 Å². The molecule has 0 heterocycles. The fourth-order valence-corrected chi connectivity index (χ4v) is 2.02. The van der Waals surface area contributed by atoms with Gasteiger partial charge in [0.2, 0.25) is 0 Å². The first kappa shape index (κ1) is 14.5. The van der Waals surface area contributed by atoms with E-state index in [0.717, 1.165) is 44.9 Å². The van der Waals surface area contributed by atoms with Gasteiger partial charge >= 0.3 is 0 Å². The van der Waals surface area contributed by atoms with Crippen molar-refractivity contribution >= 4 is 0 Å². The third-order valence-electron chi connectivity index (χ3n) is 3.40. The van der Waals surface area contributed by atoms with Crippen molar-refractivity contribution in [3.63, 3.8) is 0 Å². The molecule has 1 N–H and O–H groups in total. The predicted molar refractivity (Wildman–Crippen MR) is 69.7 cm³/mol. The zero-order valence-corrected chi connectivity index (χ0v) is 11.3. The lowest BCUT2D eigenvalue weighted by Crippen LogP contribution is -2.40. The molecule has 1 fully saturated rings. The third-order valence-corrected chi connectivity index (χ3v) is 3.40. The Bertz CT molecular complexity index is 245. The minimum atomic E-state index is -0.358. The molecule has 0 aromatic carbocycles. The monoisotopic (exact) mass is 238 g/mol. The second-order valence-corrected chi connectivity index (χ2v) is 5.28. The molecule has 0 radical (unpaired) electrons. The molecule has 1 saturated carbocycles. The maximum absolute atomic E-state index is 9.08. The number of nitriles is 1. The van der Waals surface area contributed by atoms with Crippen molar-refractivity contribution in [1.29, 1.82) is 5.26 Å². The van der Waals surface area contributed by atoms with E-state index in [1.54, 1.807) is 0 Å². The van der Waals surface area contributed by atoms with Gasteiger partial charge in [-0.1, -0.05) is 19.8 Å². The number of rotatable bonds is 10. The van der Waals surface area contributed by atoms with Gasteiger partial charge in [0.25, 0.3) is 0 Å². The molecule has 3 heteroatoms. The van der Waals surface area contributed by atoms with Crippen LogP contribution in [0.4, 0.5) is 0 Å². The average Bonchev–Trinajstić information content (AvgIpc) is 3.12. The lowest BCUT2D eigenvalue weighted by Gasteiger charge is -2.22. The number of hydrogen-bond donors (Lipinski definition) is 1. The standard InChI is InChI=1S/C14H26N2O/c1-3-16-14(2,12-15)9-4-5-10-17-11-8-13-6-7-13/h13,16H,3-11H2,1-2H3.